The van der Waals surface area contributed by atoms with Gasteiger partial charge in [-0.05, 0) is 41.8 Å². The van der Waals surface area contributed by atoms with E-state index in [0.29, 0.717) is 36.4 Å². The zero-order chi connectivity index (χ0) is 18.5. The van der Waals surface area contributed by atoms with Crippen molar-refractivity contribution >= 4 is 11.9 Å². The van der Waals surface area contributed by atoms with Gasteiger partial charge in [0.05, 0.1) is 18.6 Å². The average molecular weight is 359 g/mol. The van der Waals surface area contributed by atoms with Crippen LogP contribution in [0.25, 0.3) is 0 Å². The van der Waals surface area contributed by atoms with Gasteiger partial charge in [-0.2, -0.15) is 0 Å². The molecule has 2 N–H and O–H groups in total. The summed E-state index contributed by atoms with van der Waals surface area (Å²) in [4.78, 5) is 22.8. The summed E-state index contributed by atoms with van der Waals surface area (Å²) in [5, 5.41) is 11.6. The third kappa shape index (κ3) is 4.37. The number of rotatable bonds is 6. The number of aromatic carboxylic acids is 1. The number of carbonyl (C=O) groups is 2. The molecule has 0 bridgehead atoms. The molecule has 0 atom stereocenters. The highest BCUT2D eigenvalue weighted by Crippen LogP contribution is 2.29. The van der Waals surface area contributed by atoms with Crippen LogP contribution >= 0.6 is 0 Å². The lowest BCUT2D eigenvalue weighted by molar-refractivity contribution is -0.120. The Morgan fingerprint density at radius 2 is 1.96 bits per heavy atom. The molecule has 2 aromatic carbocycles. The van der Waals surface area contributed by atoms with Crippen LogP contribution in [0.4, 0.5) is 4.39 Å². The van der Waals surface area contributed by atoms with Gasteiger partial charge in [-0.15, -0.1) is 0 Å². The first-order valence-electron chi connectivity index (χ1n) is 8.13. The SMILES string of the molecule is O=C(Cc1ccc(C(=O)O)cc1)NCCc1cc(F)cc2c1OCOC2. The molecule has 0 saturated carbocycles. The highest BCUT2D eigenvalue weighted by molar-refractivity contribution is 5.87. The van der Waals surface area contributed by atoms with E-state index in [-0.39, 0.29) is 30.5 Å². The second-order valence-electron chi connectivity index (χ2n) is 5.94. The smallest absolute Gasteiger partial charge is 0.335 e. The van der Waals surface area contributed by atoms with Gasteiger partial charge in [-0.1, -0.05) is 12.1 Å². The van der Waals surface area contributed by atoms with E-state index >= 15 is 0 Å². The first kappa shape index (κ1) is 17.9. The number of ether oxygens (including phenoxy) is 2. The molecule has 0 unspecified atom stereocenters. The first-order valence-corrected chi connectivity index (χ1v) is 8.13. The average Bonchev–Trinajstić information content (AvgIpc) is 2.62. The van der Waals surface area contributed by atoms with Gasteiger partial charge in [0.2, 0.25) is 5.91 Å². The summed E-state index contributed by atoms with van der Waals surface area (Å²) in [7, 11) is 0. The molecule has 1 aliphatic heterocycles. The second kappa shape index (κ2) is 7.97. The number of halogens is 1. The zero-order valence-corrected chi connectivity index (χ0v) is 14.0. The fraction of sp³-hybridized carbons (Fsp3) is 0.263. The summed E-state index contributed by atoms with van der Waals surface area (Å²) in [6, 6.07) is 8.94. The van der Waals surface area contributed by atoms with Gasteiger partial charge in [0.25, 0.3) is 0 Å². The topological polar surface area (TPSA) is 84.9 Å². The standard InChI is InChI=1S/C19H18FNO5/c20-16-8-14(18-15(9-16)10-25-11-26-18)5-6-21-17(22)7-12-1-3-13(4-2-12)19(23)24/h1-4,8-9H,5-7,10-11H2,(H,21,22)(H,23,24). The van der Waals surface area contributed by atoms with Gasteiger partial charge in [0.15, 0.2) is 6.79 Å². The molecule has 1 aliphatic rings. The van der Waals surface area contributed by atoms with Gasteiger partial charge >= 0.3 is 5.97 Å². The van der Waals surface area contributed by atoms with Crippen molar-refractivity contribution in [2.75, 3.05) is 13.3 Å². The van der Waals surface area contributed by atoms with Crippen molar-refractivity contribution in [3.05, 3.63) is 64.5 Å². The molecule has 26 heavy (non-hydrogen) atoms. The van der Waals surface area contributed by atoms with Crippen LogP contribution in [0.15, 0.2) is 36.4 Å². The summed E-state index contributed by atoms with van der Waals surface area (Å²) in [6.45, 7) is 0.773. The van der Waals surface area contributed by atoms with Crippen LogP contribution in [-0.4, -0.2) is 30.3 Å². The van der Waals surface area contributed by atoms with Crippen molar-refractivity contribution in [3.8, 4) is 5.75 Å². The van der Waals surface area contributed by atoms with Gasteiger partial charge in [-0.3, -0.25) is 4.79 Å². The van der Waals surface area contributed by atoms with E-state index in [2.05, 4.69) is 5.32 Å². The second-order valence-corrected chi connectivity index (χ2v) is 5.94. The minimum atomic E-state index is -1.01. The largest absolute Gasteiger partial charge is 0.478 e. The Balaban J connectivity index is 1.54. The summed E-state index contributed by atoms with van der Waals surface area (Å²) in [6.07, 6.45) is 0.579. The Morgan fingerprint density at radius 1 is 1.19 bits per heavy atom. The third-order valence-electron chi connectivity index (χ3n) is 4.03. The fourth-order valence-electron chi connectivity index (χ4n) is 2.79. The molecule has 0 aliphatic carbocycles. The molecule has 7 heteroatoms. The van der Waals surface area contributed by atoms with Gasteiger partial charge in [0.1, 0.15) is 11.6 Å². The van der Waals surface area contributed by atoms with Crippen LogP contribution in [0.5, 0.6) is 5.75 Å². The Labute approximate surface area is 149 Å². The molecule has 0 aromatic heterocycles. The summed E-state index contributed by atoms with van der Waals surface area (Å²) in [5.41, 5.74) is 2.25. The molecular weight excluding hydrogens is 341 g/mol. The Bertz CT molecular complexity index is 819. The van der Waals surface area contributed by atoms with Crippen LogP contribution in [0, 0.1) is 5.82 Å². The number of hydrogen-bond donors (Lipinski definition) is 2. The molecule has 0 fully saturated rings. The van der Waals surface area contributed by atoms with Crippen LogP contribution in [0.2, 0.25) is 0 Å². The monoisotopic (exact) mass is 359 g/mol. The van der Waals surface area contributed by atoms with Crippen molar-refractivity contribution < 1.29 is 28.6 Å². The van der Waals surface area contributed by atoms with E-state index in [0.717, 1.165) is 5.56 Å². The van der Waals surface area contributed by atoms with E-state index in [9.17, 15) is 14.0 Å². The van der Waals surface area contributed by atoms with Crippen molar-refractivity contribution in [3.63, 3.8) is 0 Å². The maximum absolute atomic E-state index is 13.7. The van der Waals surface area contributed by atoms with E-state index in [4.69, 9.17) is 14.6 Å². The summed E-state index contributed by atoms with van der Waals surface area (Å²) in [5.74, 6) is -0.941. The molecular formula is C19H18FNO5. The van der Waals surface area contributed by atoms with Crippen molar-refractivity contribution in [1.29, 1.82) is 0 Å². The van der Waals surface area contributed by atoms with Crippen LogP contribution in [0.3, 0.4) is 0 Å². The van der Waals surface area contributed by atoms with Gasteiger partial charge in [0, 0.05) is 12.1 Å². The van der Waals surface area contributed by atoms with Crippen LogP contribution in [0.1, 0.15) is 27.0 Å². The number of nitrogens with one attached hydrogen (secondary N) is 1. The number of carboxylic acid groups (broad SMARTS) is 1. The number of hydrogen-bond acceptors (Lipinski definition) is 4. The minimum absolute atomic E-state index is 0.129. The molecule has 2 aromatic rings. The molecule has 1 amide bonds. The highest BCUT2D eigenvalue weighted by Gasteiger charge is 2.17. The number of amides is 1. The number of fused-ring (bicyclic) bond motifs is 1. The first-order chi connectivity index (χ1) is 12.5. The maximum atomic E-state index is 13.7. The lowest BCUT2D eigenvalue weighted by Gasteiger charge is -2.21. The minimum Gasteiger partial charge on any atom is -0.478 e. The molecule has 0 radical (unpaired) electrons. The summed E-state index contributed by atoms with van der Waals surface area (Å²) < 4.78 is 24.3. The highest BCUT2D eigenvalue weighted by atomic mass is 19.1. The van der Waals surface area contributed by atoms with Crippen molar-refractivity contribution in [2.24, 2.45) is 0 Å². The molecule has 3 rings (SSSR count). The predicted molar refractivity (Wildman–Crippen MR) is 90.5 cm³/mol. The lowest BCUT2D eigenvalue weighted by Crippen LogP contribution is -2.27. The van der Waals surface area contributed by atoms with E-state index in [1.54, 1.807) is 12.1 Å². The van der Waals surface area contributed by atoms with E-state index < -0.39 is 5.97 Å². The number of benzene rings is 2. The molecule has 0 spiro atoms. The molecule has 136 valence electrons. The summed E-state index contributed by atoms with van der Waals surface area (Å²) >= 11 is 0. The molecule has 6 nitrogen and oxygen atoms in total. The van der Waals surface area contributed by atoms with Gasteiger partial charge < -0.3 is 19.9 Å². The Hall–Kier alpha value is -2.93. The predicted octanol–water partition coefficient (Wildman–Crippen LogP) is 2.29. The Kier molecular flexibility index (Phi) is 5.48. The van der Waals surface area contributed by atoms with Crippen LogP contribution in [-0.2, 0) is 29.0 Å². The Morgan fingerprint density at radius 3 is 2.69 bits per heavy atom. The number of carbonyl (C=O) groups excluding carboxylic acids is 1. The zero-order valence-electron chi connectivity index (χ0n) is 14.0. The number of carboxylic acids is 1. The lowest BCUT2D eigenvalue weighted by atomic mass is 10.1. The van der Waals surface area contributed by atoms with Crippen molar-refractivity contribution in [2.45, 2.75) is 19.4 Å². The van der Waals surface area contributed by atoms with Crippen LogP contribution < -0.4 is 10.1 Å². The molecule has 1 heterocycles. The van der Waals surface area contributed by atoms with E-state index in [1.165, 1.54) is 24.3 Å². The van der Waals surface area contributed by atoms with Gasteiger partial charge in [-0.25, -0.2) is 9.18 Å². The maximum Gasteiger partial charge on any atom is 0.335 e. The fourth-order valence-corrected chi connectivity index (χ4v) is 2.79. The third-order valence-corrected chi connectivity index (χ3v) is 4.03. The normalized spacial score (nSPS) is 12.8. The quantitative estimate of drug-likeness (QED) is 0.827. The van der Waals surface area contributed by atoms with E-state index in [1.807, 2.05) is 0 Å². The molecule has 0 saturated heterocycles. The van der Waals surface area contributed by atoms with Crippen molar-refractivity contribution in [1.82, 2.24) is 5.32 Å².